The minimum Gasteiger partial charge on any atom is -0.329 e. The molecule has 2 aromatic rings. The van der Waals surface area contributed by atoms with Crippen LogP contribution in [-0.4, -0.2) is 24.5 Å². The van der Waals surface area contributed by atoms with Crippen LogP contribution >= 0.6 is 12.4 Å². The highest BCUT2D eigenvalue weighted by Crippen LogP contribution is 2.35. The van der Waals surface area contributed by atoms with E-state index in [0.29, 0.717) is 6.04 Å². The van der Waals surface area contributed by atoms with Crippen molar-refractivity contribution in [2.45, 2.75) is 25.4 Å². The SMILES string of the molecule is CN(Cc1ccc2ccccc2c1)C(CN)C1CC1.Cl. The quantitative estimate of drug-likeness (QED) is 0.914. The summed E-state index contributed by atoms with van der Waals surface area (Å²) in [5, 5.41) is 2.63. The summed E-state index contributed by atoms with van der Waals surface area (Å²) < 4.78 is 0. The minimum atomic E-state index is 0. The van der Waals surface area contributed by atoms with Crippen LogP contribution in [0, 0.1) is 5.92 Å². The fourth-order valence-electron chi connectivity index (χ4n) is 2.96. The number of hydrogen-bond donors (Lipinski definition) is 1. The molecule has 1 aliphatic rings. The first-order chi connectivity index (χ1) is 9.28. The summed E-state index contributed by atoms with van der Waals surface area (Å²) in [5.74, 6) is 0.829. The van der Waals surface area contributed by atoms with Crippen molar-refractivity contribution in [3.63, 3.8) is 0 Å². The van der Waals surface area contributed by atoms with Crippen LogP contribution in [0.1, 0.15) is 18.4 Å². The molecule has 3 heteroatoms. The highest BCUT2D eigenvalue weighted by molar-refractivity contribution is 5.85. The first-order valence-corrected chi connectivity index (χ1v) is 7.16. The molecule has 0 amide bonds. The van der Waals surface area contributed by atoms with Crippen LogP contribution in [-0.2, 0) is 6.54 Å². The minimum absolute atomic E-state index is 0. The average molecular weight is 291 g/mol. The van der Waals surface area contributed by atoms with E-state index in [0.717, 1.165) is 19.0 Å². The molecule has 2 N–H and O–H groups in total. The number of nitrogens with zero attached hydrogens (tertiary/aromatic N) is 1. The van der Waals surface area contributed by atoms with Crippen molar-refractivity contribution in [3.05, 3.63) is 48.0 Å². The largest absolute Gasteiger partial charge is 0.329 e. The van der Waals surface area contributed by atoms with E-state index in [4.69, 9.17) is 5.73 Å². The number of likely N-dealkylation sites (N-methyl/N-ethyl adjacent to an activating group) is 1. The normalized spacial score (nSPS) is 16.1. The standard InChI is InChI=1S/C17H22N2.ClH/c1-19(17(11-18)15-8-9-15)12-13-6-7-14-4-2-3-5-16(14)10-13;/h2-7,10,15,17H,8-9,11-12,18H2,1H3;1H. The lowest BCUT2D eigenvalue weighted by atomic mass is 10.1. The summed E-state index contributed by atoms with van der Waals surface area (Å²) >= 11 is 0. The van der Waals surface area contributed by atoms with Crippen LogP contribution in [0.3, 0.4) is 0 Å². The Bertz CT molecular complexity index is 566. The zero-order valence-corrected chi connectivity index (χ0v) is 12.8. The molecule has 0 aromatic heterocycles. The van der Waals surface area contributed by atoms with Gasteiger partial charge in [-0.25, -0.2) is 0 Å². The van der Waals surface area contributed by atoms with Gasteiger partial charge in [-0.15, -0.1) is 12.4 Å². The summed E-state index contributed by atoms with van der Waals surface area (Å²) in [6.45, 7) is 1.76. The van der Waals surface area contributed by atoms with Crippen LogP contribution < -0.4 is 5.73 Å². The van der Waals surface area contributed by atoms with Crippen molar-refractivity contribution < 1.29 is 0 Å². The Morgan fingerprint density at radius 1 is 1.15 bits per heavy atom. The van der Waals surface area contributed by atoms with E-state index in [9.17, 15) is 0 Å². The van der Waals surface area contributed by atoms with Crippen molar-refractivity contribution in [2.24, 2.45) is 11.7 Å². The molecule has 108 valence electrons. The monoisotopic (exact) mass is 290 g/mol. The van der Waals surface area contributed by atoms with E-state index in [1.54, 1.807) is 0 Å². The number of fused-ring (bicyclic) bond motifs is 1. The van der Waals surface area contributed by atoms with Gasteiger partial charge in [0.25, 0.3) is 0 Å². The number of nitrogens with two attached hydrogens (primary N) is 1. The Balaban J connectivity index is 0.00000147. The number of benzene rings is 2. The van der Waals surface area contributed by atoms with Gasteiger partial charge in [0.05, 0.1) is 0 Å². The van der Waals surface area contributed by atoms with Crippen LogP contribution in [0.25, 0.3) is 10.8 Å². The van der Waals surface area contributed by atoms with E-state index in [1.807, 2.05) is 0 Å². The third-order valence-electron chi connectivity index (χ3n) is 4.22. The maximum absolute atomic E-state index is 5.92. The molecule has 1 atom stereocenters. The Kier molecular flexibility index (Phi) is 5.03. The van der Waals surface area contributed by atoms with Gasteiger partial charge in [-0.05, 0) is 48.2 Å². The number of hydrogen-bond acceptors (Lipinski definition) is 2. The van der Waals surface area contributed by atoms with Gasteiger partial charge in [-0.3, -0.25) is 4.90 Å². The molecular formula is C17H23ClN2. The van der Waals surface area contributed by atoms with Crippen LogP contribution in [0.5, 0.6) is 0 Å². The summed E-state index contributed by atoms with van der Waals surface area (Å²) in [6.07, 6.45) is 2.70. The summed E-state index contributed by atoms with van der Waals surface area (Å²) in [4.78, 5) is 2.42. The van der Waals surface area contributed by atoms with Gasteiger partial charge in [-0.1, -0.05) is 36.4 Å². The smallest absolute Gasteiger partial charge is 0.0247 e. The van der Waals surface area contributed by atoms with Crippen molar-refractivity contribution in [3.8, 4) is 0 Å². The summed E-state index contributed by atoms with van der Waals surface area (Å²) in [5.41, 5.74) is 7.29. The van der Waals surface area contributed by atoms with E-state index in [1.165, 1.54) is 29.2 Å². The molecule has 2 aromatic carbocycles. The Labute approximate surface area is 127 Å². The van der Waals surface area contributed by atoms with Gasteiger partial charge in [0.1, 0.15) is 0 Å². The van der Waals surface area contributed by atoms with Crippen LogP contribution in [0.15, 0.2) is 42.5 Å². The molecule has 1 fully saturated rings. The molecule has 0 spiro atoms. The predicted molar refractivity (Wildman–Crippen MR) is 88.2 cm³/mol. The molecule has 0 saturated heterocycles. The molecular weight excluding hydrogens is 268 g/mol. The average Bonchev–Trinajstić information content (AvgIpc) is 3.24. The van der Waals surface area contributed by atoms with Gasteiger partial charge in [0.2, 0.25) is 0 Å². The molecule has 3 rings (SSSR count). The second-order valence-electron chi connectivity index (χ2n) is 5.74. The maximum atomic E-state index is 5.92. The lowest BCUT2D eigenvalue weighted by molar-refractivity contribution is 0.215. The molecule has 1 unspecified atom stereocenters. The van der Waals surface area contributed by atoms with Gasteiger partial charge >= 0.3 is 0 Å². The lowest BCUT2D eigenvalue weighted by Crippen LogP contribution is -2.39. The highest BCUT2D eigenvalue weighted by Gasteiger charge is 2.32. The topological polar surface area (TPSA) is 29.3 Å². The molecule has 0 radical (unpaired) electrons. The van der Waals surface area contributed by atoms with Gasteiger partial charge in [0.15, 0.2) is 0 Å². The molecule has 0 aliphatic heterocycles. The Morgan fingerprint density at radius 2 is 1.85 bits per heavy atom. The third-order valence-corrected chi connectivity index (χ3v) is 4.22. The second-order valence-corrected chi connectivity index (χ2v) is 5.74. The Hall–Kier alpha value is -1.09. The predicted octanol–water partition coefficient (Wildman–Crippen LogP) is 3.43. The number of halogens is 1. The second kappa shape index (κ2) is 6.57. The van der Waals surface area contributed by atoms with E-state index in [-0.39, 0.29) is 12.4 Å². The molecule has 0 heterocycles. The van der Waals surface area contributed by atoms with Gasteiger partial charge < -0.3 is 5.73 Å². The summed E-state index contributed by atoms with van der Waals surface area (Å²) in [6, 6.07) is 15.8. The molecule has 1 aliphatic carbocycles. The zero-order valence-electron chi connectivity index (χ0n) is 12.0. The highest BCUT2D eigenvalue weighted by atomic mass is 35.5. The fourth-order valence-corrected chi connectivity index (χ4v) is 2.96. The van der Waals surface area contributed by atoms with Crippen molar-refractivity contribution in [1.29, 1.82) is 0 Å². The van der Waals surface area contributed by atoms with Gasteiger partial charge in [0, 0.05) is 19.1 Å². The third kappa shape index (κ3) is 3.32. The fraction of sp³-hybridized carbons (Fsp3) is 0.412. The van der Waals surface area contributed by atoms with E-state index >= 15 is 0 Å². The van der Waals surface area contributed by atoms with Crippen LogP contribution in [0.4, 0.5) is 0 Å². The zero-order chi connectivity index (χ0) is 13.2. The molecule has 2 nitrogen and oxygen atoms in total. The first kappa shape index (κ1) is 15.3. The summed E-state index contributed by atoms with van der Waals surface area (Å²) in [7, 11) is 2.20. The van der Waals surface area contributed by atoms with Crippen LogP contribution in [0.2, 0.25) is 0 Å². The van der Waals surface area contributed by atoms with E-state index in [2.05, 4.69) is 54.4 Å². The van der Waals surface area contributed by atoms with Crippen molar-refractivity contribution >= 4 is 23.2 Å². The van der Waals surface area contributed by atoms with Crippen molar-refractivity contribution in [1.82, 2.24) is 4.90 Å². The number of rotatable bonds is 5. The Morgan fingerprint density at radius 3 is 2.50 bits per heavy atom. The maximum Gasteiger partial charge on any atom is 0.0247 e. The lowest BCUT2D eigenvalue weighted by Gasteiger charge is -2.27. The molecule has 0 bridgehead atoms. The van der Waals surface area contributed by atoms with Crippen molar-refractivity contribution in [2.75, 3.05) is 13.6 Å². The van der Waals surface area contributed by atoms with E-state index < -0.39 is 0 Å². The van der Waals surface area contributed by atoms with Gasteiger partial charge in [-0.2, -0.15) is 0 Å². The molecule has 1 saturated carbocycles. The first-order valence-electron chi connectivity index (χ1n) is 7.16. The molecule has 20 heavy (non-hydrogen) atoms.